The number of hydrogen-bond acceptors (Lipinski definition) is 2. The number of para-hydroxylation sites is 2. The molecule has 152 valence electrons. The Balaban J connectivity index is 1.77. The van der Waals surface area contributed by atoms with E-state index in [1.54, 1.807) is 0 Å². The quantitative estimate of drug-likeness (QED) is 0.195. The van der Waals surface area contributed by atoms with Gasteiger partial charge in [-0.25, -0.2) is 4.98 Å². The molecule has 0 saturated carbocycles. The lowest BCUT2D eigenvalue weighted by molar-refractivity contribution is -0.538. The Morgan fingerprint density at radius 3 is 2.12 bits per heavy atom. The third-order valence-corrected chi connectivity index (χ3v) is 5.91. The molecule has 1 N–H and O–H groups in total. The summed E-state index contributed by atoms with van der Waals surface area (Å²) in [6.07, 6.45) is 0. The second-order valence-corrected chi connectivity index (χ2v) is 8.10. The highest BCUT2D eigenvalue weighted by atomic mass is 15.0. The summed E-state index contributed by atoms with van der Waals surface area (Å²) in [5.74, 6) is 0. The number of fused-ring (bicyclic) bond motifs is 4. The van der Waals surface area contributed by atoms with E-state index >= 15 is 0 Å². The number of hydrogen-bond donors (Lipinski definition) is 1. The average Bonchev–Trinajstić information content (AvgIpc) is 2.84. The molecule has 3 nitrogen and oxygen atoms in total. The van der Waals surface area contributed by atoms with Crippen molar-refractivity contribution in [3.8, 4) is 5.69 Å². The van der Waals surface area contributed by atoms with Crippen LogP contribution in [0.3, 0.4) is 0 Å². The largest absolute Gasteiger partial charge is 0.355 e. The number of aryl methyl sites for hydroxylation is 1. The number of nitrogens with zero attached hydrogens (tertiary/aromatic N) is 2. The molecule has 6 rings (SSSR count). The SMILES string of the molecule is Cc1ccc2nc3c4ccccc4c(Nc4ccccc4)cc3[n+](-c3ccccc3)c2c1. The zero-order valence-electron chi connectivity index (χ0n) is 17.8. The van der Waals surface area contributed by atoms with Gasteiger partial charge in [0.15, 0.2) is 0 Å². The zero-order valence-corrected chi connectivity index (χ0v) is 17.8. The summed E-state index contributed by atoms with van der Waals surface area (Å²) >= 11 is 0. The molecule has 6 aromatic rings. The molecule has 0 unspecified atom stereocenters. The molecule has 0 fully saturated rings. The predicted octanol–water partition coefficient (Wildman–Crippen LogP) is 6.87. The normalized spacial score (nSPS) is 11.3. The summed E-state index contributed by atoms with van der Waals surface area (Å²) in [7, 11) is 0. The predicted molar refractivity (Wildman–Crippen MR) is 133 cm³/mol. The Morgan fingerprint density at radius 2 is 1.34 bits per heavy atom. The van der Waals surface area contributed by atoms with Gasteiger partial charge in [-0.2, -0.15) is 0 Å². The minimum absolute atomic E-state index is 0.987. The number of nitrogens with one attached hydrogen (secondary N) is 1. The van der Waals surface area contributed by atoms with Crippen molar-refractivity contribution in [1.29, 1.82) is 0 Å². The van der Waals surface area contributed by atoms with Crippen LogP contribution in [0.4, 0.5) is 11.4 Å². The monoisotopic (exact) mass is 412 g/mol. The molecule has 32 heavy (non-hydrogen) atoms. The first-order valence-corrected chi connectivity index (χ1v) is 10.8. The third kappa shape index (κ3) is 3.07. The molecule has 0 bridgehead atoms. The first-order chi connectivity index (χ1) is 15.8. The highest BCUT2D eigenvalue weighted by Gasteiger charge is 2.22. The van der Waals surface area contributed by atoms with Gasteiger partial charge in [0, 0.05) is 40.7 Å². The van der Waals surface area contributed by atoms with Crippen molar-refractivity contribution in [2.75, 3.05) is 5.32 Å². The molecule has 3 heteroatoms. The van der Waals surface area contributed by atoms with Crippen LogP contribution in [0.25, 0.3) is 38.5 Å². The molecular weight excluding hydrogens is 390 g/mol. The van der Waals surface area contributed by atoms with Crippen LogP contribution in [0.2, 0.25) is 0 Å². The van der Waals surface area contributed by atoms with Crippen LogP contribution < -0.4 is 9.88 Å². The van der Waals surface area contributed by atoms with Crippen molar-refractivity contribution in [2.24, 2.45) is 0 Å². The fourth-order valence-electron chi connectivity index (χ4n) is 4.43. The van der Waals surface area contributed by atoms with Crippen molar-refractivity contribution < 1.29 is 4.57 Å². The second kappa shape index (κ2) is 7.47. The Hall–Kier alpha value is -4.24. The Morgan fingerprint density at radius 1 is 0.656 bits per heavy atom. The summed E-state index contributed by atoms with van der Waals surface area (Å²) < 4.78 is 2.33. The van der Waals surface area contributed by atoms with Gasteiger partial charge in [-0.3, -0.25) is 0 Å². The maximum absolute atomic E-state index is 5.13. The van der Waals surface area contributed by atoms with E-state index in [2.05, 4.69) is 108 Å². The topological polar surface area (TPSA) is 28.8 Å². The minimum Gasteiger partial charge on any atom is -0.355 e. The van der Waals surface area contributed by atoms with Gasteiger partial charge in [0.2, 0.25) is 16.7 Å². The number of anilines is 2. The third-order valence-electron chi connectivity index (χ3n) is 5.91. The Kier molecular flexibility index (Phi) is 4.32. The smallest absolute Gasteiger partial charge is 0.240 e. The molecular formula is C29H22N3+. The van der Waals surface area contributed by atoms with E-state index in [4.69, 9.17) is 4.98 Å². The lowest BCUT2D eigenvalue weighted by Gasteiger charge is -2.13. The van der Waals surface area contributed by atoms with Crippen molar-refractivity contribution in [2.45, 2.75) is 6.92 Å². The summed E-state index contributed by atoms with van der Waals surface area (Å²) in [6.45, 7) is 2.13. The second-order valence-electron chi connectivity index (χ2n) is 8.10. The van der Waals surface area contributed by atoms with Crippen LogP contribution in [0, 0.1) is 6.92 Å². The zero-order chi connectivity index (χ0) is 21.5. The van der Waals surface area contributed by atoms with Crippen molar-refractivity contribution in [3.05, 3.63) is 115 Å². The Bertz CT molecular complexity index is 1590. The van der Waals surface area contributed by atoms with Crippen molar-refractivity contribution >= 4 is 44.2 Å². The van der Waals surface area contributed by atoms with Crippen molar-refractivity contribution in [1.82, 2.24) is 4.98 Å². The van der Waals surface area contributed by atoms with E-state index < -0.39 is 0 Å². The van der Waals surface area contributed by atoms with Gasteiger partial charge >= 0.3 is 0 Å². The van der Waals surface area contributed by atoms with Crippen LogP contribution >= 0.6 is 0 Å². The van der Waals surface area contributed by atoms with E-state index in [1.807, 2.05) is 18.2 Å². The molecule has 0 spiro atoms. The summed E-state index contributed by atoms with van der Waals surface area (Å²) in [5, 5.41) is 5.93. The standard InChI is InChI=1S/C29H21N3/c1-20-16-17-25-27(18-20)32(22-12-6-3-7-13-22)28-19-26(30-21-10-4-2-5-11-21)23-14-8-9-15-24(23)29(28)31-25/h2-19H,1H3/p+1. The molecule has 0 aliphatic heterocycles. The first kappa shape index (κ1) is 18.5. The molecule has 0 aliphatic rings. The molecule has 0 atom stereocenters. The minimum atomic E-state index is 0.987. The van der Waals surface area contributed by atoms with E-state index in [0.29, 0.717) is 0 Å². The van der Waals surface area contributed by atoms with Crippen LogP contribution in [0.15, 0.2) is 109 Å². The number of benzene rings is 5. The Labute approximate surface area is 186 Å². The molecule has 0 amide bonds. The van der Waals surface area contributed by atoms with Gasteiger partial charge in [-0.1, -0.05) is 66.7 Å². The molecule has 1 heterocycles. The van der Waals surface area contributed by atoms with E-state index in [1.165, 1.54) is 5.56 Å². The van der Waals surface area contributed by atoms with E-state index in [9.17, 15) is 0 Å². The summed E-state index contributed by atoms with van der Waals surface area (Å²) in [6, 6.07) is 38.0. The van der Waals surface area contributed by atoms with Gasteiger partial charge in [0.25, 0.3) is 0 Å². The molecule has 1 aromatic heterocycles. The molecule has 0 saturated heterocycles. The highest BCUT2D eigenvalue weighted by molar-refractivity contribution is 6.11. The van der Waals surface area contributed by atoms with E-state index in [-0.39, 0.29) is 0 Å². The molecule has 0 aliphatic carbocycles. The van der Waals surface area contributed by atoms with Crippen LogP contribution in [0.5, 0.6) is 0 Å². The van der Waals surface area contributed by atoms with Gasteiger partial charge < -0.3 is 5.32 Å². The highest BCUT2D eigenvalue weighted by Crippen LogP contribution is 2.33. The van der Waals surface area contributed by atoms with Gasteiger partial charge in [-0.15, -0.1) is 4.57 Å². The average molecular weight is 413 g/mol. The van der Waals surface area contributed by atoms with Crippen LogP contribution in [-0.2, 0) is 0 Å². The first-order valence-electron chi connectivity index (χ1n) is 10.8. The number of rotatable bonds is 3. The van der Waals surface area contributed by atoms with Gasteiger partial charge in [-0.05, 0) is 30.7 Å². The summed E-state index contributed by atoms with van der Waals surface area (Å²) in [5.41, 5.74) is 8.63. The lowest BCUT2D eigenvalue weighted by atomic mass is 10.0. The summed E-state index contributed by atoms with van der Waals surface area (Å²) in [4.78, 5) is 5.13. The van der Waals surface area contributed by atoms with Crippen LogP contribution in [0.1, 0.15) is 5.56 Å². The maximum Gasteiger partial charge on any atom is 0.240 e. The molecule has 5 aromatic carbocycles. The fraction of sp³-hybridized carbons (Fsp3) is 0.0345. The number of aromatic nitrogens is 2. The maximum atomic E-state index is 5.13. The van der Waals surface area contributed by atoms with E-state index in [0.717, 1.165) is 49.9 Å². The fourth-order valence-corrected chi connectivity index (χ4v) is 4.43. The van der Waals surface area contributed by atoms with Gasteiger partial charge in [0.05, 0.1) is 5.69 Å². The van der Waals surface area contributed by atoms with Gasteiger partial charge in [0.1, 0.15) is 11.0 Å². The van der Waals surface area contributed by atoms with Crippen molar-refractivity contribution in [3.63, 3.8) is 0 Å². The lowest BCUT2D eigenvalue weighted by Crippen LogP contribution is -2.33. The van der Waals surface area contributed by atoms with Crippen LogP contribution in [-0.4, -0.2) is 4.98 Å². The molecule has 0 radical (unpaired) electrons.